The molecule has 0 amide bonds. The Hall–Kier alpha value is -0.850. The summed E-state index contributed by atoms with van der Waals surface area (Å²) in [5.74, 6) is -0.661. The number of hydrogen-bond donors (Lipinski definition) is 0. The number of ether oxygens (including phenoxy) is 1. The number of nitrogens with zero attached hydrogens (tertiary/aromatic N) is 1. The maximum absolute atomic E-state index is 13.8. The van der Waals surface area contributed by atoms with Crippen LogP contribution in [0, 0.1) is 5.82 Å². The first-order valence-electron chi connectivity index (χ1n) is 6.95. The molecule has 0 spiro atoms. The van der Waals surface area contributed by atoms with Gasteiger partial charge in [0.25, 0.3) is 9.05 Å². The molecule has 0 N–H and O–H groups in total. The molecule has 21 heavy (non-hydrogen) atoms. The normalized spacial score (nSPS) is 20.4. The number of halogens is 2. The predicted molar refractivity (Wildman–Crippen MR) is 79.8 cm³/mol. The van der Waals surface area contributed by atoms with Crippen LogP contribution in [0.3, 0.4) is 0 Å². The first-order chi connectivity index (χ1) is 9.88. The molecular formula is C14H19ClFNO3S. The van der Waals surface area contributed by atoms with E-state index in [2.05, 4.69) is 11.9 Å². The van der Waals surface area contributed by atoms with Crippen LogP contribution in [0.5, 0.6) is 5.75 Å². The van der Waals surface area contributed by atoms with Crippen LogP contribution in [0.2, 0.25) is 0 Å². The van der Waals surface area contributed by atoms with Gasteiger partial charge in [0.2, 0.25) is 0 Å². The van der Waals surface area contributed by atoms with Crippen LogP contribution in [0.4, 0.5) is 4.39 Å². The molecule has 0 aliphatic carbocycles. The minimum atomic E-state index is -3.92. The molecular weight excluding hydrogens is 317 g/mol. The van der Waals surface area contributed by atoms with Crippen molar-refractivity contribution >= 4 is 19.7 Å². The zero-order valence-electron chi connectivity index (χ0n) is 11.9. The van der Waals surface area contributed by atoms with Crippen molar-refractivity contribution in [3.8, 4) is 5.75 Å². The van der Waals surface area contributed by atoms with Crippen LogP contribution in [0.1, 0.15) is 25.7 Å². The summed E-state index contributed by atoms with van der Waals surface area (Å²) in [4.78, 5) is 2.04. The van der Waals surface area contributed by atoms with Gasteiger partial charge in [-0.1, -0.05) is 6.42 Å². The summed E-state index contributed by atoms with van der Waals surface area (Å²) in [6.45, 7) is 1.49. The Morgan fingerprint density at radius 2 is 2.19 bits per heavy atom. The molecule has 1 unspecified atom stereocenters. The number of benzene rings is 1. The monoisotopic (exact) mass is 335 g/mol. The van der Waals surface area contributed by atoms with Crippen molar-refractivity contribution in [2.45, 2.75) is 36.6 Å². The van der Waals surface area contributed by atoms with Gasteiger partial charge in [-0.2, -0.15) is 0 Å². The molecule has 1 aliphatic rings. The maximum atomic E-state index is 13.8. The Morgan fingerprint density at radius 3 is 2.81 bits per heavy atom. The molecule has 118 valence electrons. The lowest BCUT2D eigenvalue weighted by Gasteiger charge is -2.32. The molecule has 1 heterocycles. The highest BCUT2D eigenvalue weighted by atomic mass is 35.7. The van der Waals surface area contributed by atoms with Gasteiger partial charge in [-0.15, -0.1) is 0 Å². The van der Waals surface area contributed by atoms with Crippen molar-refractivity contribution in [3.63, 3.8) is 0 Å². The van der Waals surface area contributed by atoms with Crippen molar-refractivity contribution in [2.75, 3.05) is 20.2 Å². The van der Waals surface area contributed by atoms with Crippen LogP contribution in [0.15, 0.2) is 23.1 Å². The van der Waals surface area contributed by atoms with Crippen LogP contribution in [-0.2, 0) is 9.05 Å². The zero-order valence-corrected chi connectivity index (χ0v) is 13.5. The Morgan fingerprint density at radius 1 is 1.43 bits per heavy atom. The molecule has 1 atom stereocenters. The lowest BCUT2D eigenvalue weighted by Crippen LogP contribution is -2.37. The average Bonchev–Trinajstić information content (AvgIpc) is 2.41. The Labute approximate surface area is 129 Å². The maximum Gasteiger partial charge on any atom is 0.261 e. The molecule has 0 bridgehead atoms. The molecule has 1 fully saturated rings. The Kier molecular flexibility index (Phi) is 5.46. The molecule has 2 rings (SSSR count). The third-order valence-electron chi connectivity index (χ3n) is 3.82. The molecule has 1 saturated heterocycles. The van der Waals surface area contributed by atoms with E-state index in [4.69, 9.17) is 15.4 Å². The Bertz CT molecular complexity index is 594. The van der Waals surface area contributed by atoms with Gasteiger partial charge in [0, 0.05) is 16.7 Å². The van der Waals surface area contributed by atoms with E-state index in [-0.39, 0.29) is 10.6 Å². The highest BCUT2D eigenvalue weighted by Gasteiger charge is 2.19. The molecule has 0 radical (unpaired) electrons. The molecule has 0 aromatic heterocycles. The van der Waals surface area contributed by atoms with Gasteiger partial charge >= 0.3 is 0 Å². The van der Waals surface area contributed by atoms with Gasteiger partial charge in [0.15, 0.2) is 11.6 Å². The SMILES string of the molecule is CN1CCCCC1CCOc1ccc(S(=O)(=O)Cl)cc1F. The van der Waals surface area contributed by atoms with E-state index in [0.29, 0.717) is 12.6 Å². The molecule has 4 nitrogen and oxygen atoms in total. The highest BCUT2D eigenvalue weighted by Crippen LogP contribution is 2.24. The van der Waals surface area contributed by atoms with Crippen LogP contribution in [-0.4, -0.2) is 39.6 Å². The third kappa shape index (κ3) is 4.56. The third-order valence-corrected chi connectivity index (χ3v) is 5.17. The minimum absolute atomic E-state index is 0.0533. The predicted octanol–water partition coefficient (Wildman–Crippen LogP) is 3.01. The van der Waals surface area contributed by atoms with Gasteiger partial charge in [-0.25, -0.2) is 12.8 Å². The van der Waals surface area contributed by atoms with Crippen molar-refractivity contribution in [3.05, 3.63) is 24.0 Å². The van der Waals surface area contributed by atoms with Crippen molar-refractivity contribution in [2.24, 2.45) is 0 Å². The number of likely N-dealkylation sites (tertiary alicyclic amines) is 1. The second-order valence-corrected chi connectivity index (χ2v) is 7.86. The van der Waals surface area contributed by atoms with Gasteiger partial charge in [0.05, 0.1) is 11.5 Å². The second-order valence-electron chi connectivity index (χ2n) is 5.30. The van der Waals surface area contributed by atoms with E-state index in [1.165, 1.54) is 25.0 Å². The lowest BCUT2D eigenvalue weighted by atomic mass is 10.0. The van der Waals surface area contributed by atoms with E-state index >= 15 is 0 Å². The fourth-order valence-corrected chi connectivity index (χ4v) is 3.33. The van der Waals surface area contributed by atoms with E-state index in [0.717, 1.165) is 25.5 Å². The van der Waals surface area contributed by atoms with Gasteiger partial charge < -0.3 is 9.64 Å². The topological polar surface area (TPSA) is 46.6 Å². The first-order valence-corrected chi connectivity index (χ1v) is 9.26. The van der Waals surface area contributed by atoms with Crippen molar-refractivity contribution in [1.82, 2.24) is 4.90 Å². The fraction of sp³-hybridized carbons (Fsp3) is 0.571. The smallest absolute Gasteiger partial charge is 0.261 e. The summed E-state index contributed by atoms with van der Waals surface area (Å²) in [5, 5.41) is 0. The molecule has 1 aromatic rings. The number of hydrogen-bond acceptors (Lipinski definition) is 4. The fourth-order valence-electron chi connectivity index (χ4n) is 2.56. The van der Waals surface area contributed by atoms with E-state index in [9.17, 15) is 12.8 Å². The number of rotatable bonds is 5. The van der Waals surface area contributed by atoms with Gasteiger partial charge in [-0.3, -0.25) is 0 Å². The van der Waals surface area contributed by atoms with Gasteiger partial charge in [-0.05, 0) is 51.1 Å². The lowest BCUT2D eigenvalue weighted by molar-refractivity contribution is 0.151. The summed E-state index contributed by atoms with van der Waals surface area (Å²) in [7, 11) is 3.33. The molecule has 1 aliphatic heterocycles. The van der Waals surface area contributed by atoms with Crippen LogP contribution < -0.4 is 4.74 Å². The van der Waals surface area contributed by atoms with Crippen molar-refractivity contribution in [1.29, 1.82) is 0 Å². The second kappa shape index (κ2) is 6.94. The summed E-state index contributed by atoms with van der Waals surface area (Å²) >= 11 is 0. The zero-order chi connectivity index (χ0) is 15.5. The number of piperidine rings is 1. The minimum Gasteiger partial charge on any atom is -0.490 e. The average molecular weight is 336 g/mol. The largest absolute Gasteiger partial charge is 0.490 e. The molecule has 1 aromatic carbocycles. The van der Waals surface area contributed by atoms with Crippen molar-refractivity contribution < 1.29 is 17.5 Å². The van der Waals surface area contributed by atoms with Gasteiger partial charge in [0.1, 0.15) is 0 Å². The summed E-state index contributed by atoms with van der Waals surface area (Å²) in [6.07, 6.45) is 4.39. The highest BCUT2D eigenvalue weighted by molar-refractivity contribution is 8.13. The first kappa shape index (κ1) is 16.5. The summed E-state index contributed by atoms with van der Waals surface area (Å²) < 4.78 is 41.4. The summed E-state index contributed by atoms with van der Waals surface area (Å²) in [5.41, 5.74) is 0. The molecule has 0 saturated carbocycles. The van der Waals surface area contributed by atoms with Crippen LogP contribution in [0.25, 0.3) is 0 Å². The molecule has 7 heteroatoms. The van der Waals surface area contributed by atoms with E-state index in [1.54, 1.807) is 0 Å². The van der Waals surface area contributed by atoms with E-state index in [1.807, 2.05) is 0 Å². The quantitative estimate of drug-likeness (QED) is 0.776. The standard InChI is InChI=1S/C14H19ClFNO3S/c1-17-8-3-2-4-11(17)7-9-20-14-6-5-12(10-13(14)16)21(15,18)19/h5-6,10-11H,2-4,7-9H2,1H3. The summed E-state index contributed by atoms with van der Waals surface area (Å²) in [6, 6.07) is 3.89. The van der Waals surface area contributed by atoms with E-state index < -0.39 is 14.9 Å². The Balaban J connectivity index is 1.91. The van der Waals surface area contributed by atoms with Crippen LogP contribution >= 0.6 is 10.7 Å².